The average molecular weight is 252 g/mol. The topological polar surface area (TPSA) is 64.3 Å². The zero-order chi connectivity index (χ0) is 13.4. The highest BCUT2D eigenvalue weighted by atomic mass is 16.3. The number of ketones is 2. The molecule has 0 aliphatic heterocycles. The maximum Gasteiger partial charge on any atom is 0.197 e. The molecule has 0 saturated heterocycles. The second-order valence-corrected chi connectivity index (χ2v) is 4.13. The molecule has 0 bridgehead atoms. The Balaban J connectivity index is 2.18. The van der Waals surface area contributed by atoms with E-state index in [-0.39, 0.29) is 28.3 Å². The third kappa shape index (κ3) is 1.83. The number of fused-ring (bicyclic) bond motifs is 1. The second kappa shape index (κ2) is 4.17. The Hall–Kier alpha value is -2.75. The highest BCUT2D eigenvalue weighted by Crippen LogP contribution is 2.26. The molecular formula is C15H8O4. The molecule has 4 heteroatoms. The second-order valence-electron chi connectivity index (χ2n) is 4.13. The lowest BCUT2D eigenvalue weighted by Crippen LogP contribution is -2.16. The van der Waals surface area contributed by atoms with Crippen molar-refractivity contribution in [3.63, 3.8) is 0 Å². The normalized spacial score (nSPS) is 14.0. The van der Waals surface area contributed by atoms with Gasteiger partial charge in [0.05, 0.1) is 11.8 Å². The van der Waals surface area contributed by atoms with E-state index in [9.17, 15) is 14.4 Å². The van der Waals surface area contributed by atoms with Crippen LogP contribution in [0.2, 0.25) is 0 Å². The highest BCUT2D eigenvalue weighted by molar-refractivity contribution is 6.38. The number of hydrogen-bond donors (Lipinski definition) is 0. The van der Waals surface area contributed by atoms with Gasteiger partial charge >= 0.3 is 0 Å². The monoisotopic (exact) mass is 252 g/mol. The molecule has 19 heavy (non-hydrogen) atoms. The van der Waals surface area contributed by atoms with E-state index in [0.717, 1.165) is 0 Å². The van der Waals surface area contributed by atoms with E-state index in [2.05, 4.69) is 0 Å². The van der Waals surface area contributed by atoms with Gasteiger partial charge in [0, 0.05) is 29.3 Å². The Kier molecular flexibility index (Phi) is 2.49. The van der Waals surface area contributed by atoms with Gasteiger partial charge in [-0.2, -0.15) is 0 Å². The van der Waals surface area contributed by atoms with Gasteiger partial charge in [-0.05, 0) is 0 Å². The molecule has 0 fully saturated rings. The molecule has 3 rings (SSSR count). The molecule has 1 aliphatic carbocycles. The fourth-order valence-electron chi connectivity index (χ4n) is 2.03. The lowest BCUT2D eigenvalue weighted by Gasteiger charge is -2.13. The van der Waals surface area contributed by atoms with Crippen LogP contribution in [0.1, 0.15) is 26.5 Å². The first-order valence-corrected chi connectivity index (χ1v) is 5.66. The molecule has 0 unspecified atom stereocenters. The van der Waals surface area contributed by atoms with Crippen LogP contribution in [0.5, 0.6) is 0 Å². The molecule has 2 aromatic rings. The molecular weight excluding hydrogens is 244 g/mol. The maximum absolute atomic E-state index is 12.3. The molecule has 1 aromatic carbocycles. The number of benzene rings is 1. The molecule has 0 atom stereocenters. The van der Waals surface area contributed by atoms with Crippen LogP contribution in [0.4, 0.5) is 0 Å². The number of carbonyl (C=O) groups is 2. The Morgan fingerprint density at radius 3 is 2.37 bits per heavy atom. The van der Waals surface area contributed by atoms with E-state index in [1.165, 1.54) is 24.5 Å². The first-order chi connectivity index (χ1) is 9.16. The predicted octanol–water partition coefficient (Wildman–Crippen LogP) is 2.10. The lowest BCUT2D eigenvalue weighted by molar-refractivity contribution is 0.1000. The van der Waals surface area contributed by atoms with Gasteiger partial charge in [0.2, 0.25) is 0 Å². The minimum absolute atomic E-state index is 0.111. The van der Waals surface area contributed by atoms with Gasteiger partial charge in [-0.3, -0.25) is 14.4 Å². The number of carbonyl (C=O) groups excluding carboxylic acids is 2. The molecule has 0 amide bonds. The van der Waals surface area contributed by atoms with Crippen molar-refractivity contribution >= 4 is 17.1 Å². The van der Waals surface area contributed by atoms with Crippen molar-refractivity contribution in [2.45, 2.75) is 0 Å². The van der Waals surface area contributed by atoms with Crippen LogP contribution in [0.25, 0.3) is 5.57 Å². The van der Waals surface area contributed by atoms with Gasteiger partial charge < -0.3 is 4.42 Å². The molecule has 4 nitrogen and oxygen atoms in total. The summed E-state index contributed by atoms with van der Waals surface area (Å²) in [6.07, 6.45) is 2.42. The summed E-state index contributed by atoms with van der Waals surface area (Å²) in [5.41, 5.74) is 0.536. The molecule has 1 aliphatic rings. The van der Waals surface area contributed by atoms with Gasteiger partial charge in [-0.25, -0.2) is 0 Å². The molecule has 0 N–H and O–H groups in total. The highest BCUT2D eigenvalue weighted by Gasteiger charge is 2.27. The van der Waals surface area contributed by atoms with Crippen molar-refractivity contribution in [3.8, 4) is 0 Å². The summed E-state index contributed by atoms with van der Waals surface area (Å²) < 4.78 is 5.14. The summed E-state index contributed by atoms with van der Waals surface area (Å²) in [5.74, 6) is -0.471. The summed E-state index contributed by atoms with van der Waals surface area (Å²) in [5, 5.41) is 0. The third-order valence-electron chi connectivity index (χ3n) is 2.92. The van der Waals surface area contributed by atoms with Crippen molar-refractivity contribution in [2.24, 2.45) is 0 Å². The number of allylic oxidation sites excluding steroid dienone is 2. The third-order valence-corrected chi connectivity index (χ3v) is 2.92. The average Bonchev–Trinajstić information content (AvgIpc) is 2.43. The van der Waals surface area contributed by atoms with Gasteiger partial charge in [-0.15, -0.1) is 0 Å². The summed E-state index contributed by atoms with van der Waals surface area (Å²) in [6.45, 7) is 0. The quantitative estimate of drug-likeness (QED) is 0.779. The smallest absolute Gasteiger partial charge is 0.197 e. The van der Waals surface area contributed by atoms with E-state index >= 15 is 0 Å². The Labute approximate surface area is 108 Å². The van der Waals surface area contributed by atoms with E-state index in [1.807, 2.05) is 0 Å². The summed E-state index contributed by atoms with van der Waals surface area (Å²) >= 11 is 0. The SMILES string of the molecule is O=C1C=C(c2cc(=O)cco2)C(=O)c2ccccc21. The standard InChI is InChI=1S/C15H8O4/c16-9-5-6-19-14(7-9)12-8-13(17)10-3-1-2-4-11(10)15(12)18/h1-8H. The Morgan fingerprint density at radius 1 is 0.895 bits per heavy atom. The molecule has 0 spiro atoms. The van der Waals surface area contributed by atoms with E-state index < -0.39 is 0 Å². The summed E-state index contributed by atoms with van der Waals surface area (Å²) in [6, 6.07) is 9.02. The van der Waals surface area contributed by atoms with Crippen LogP contribution in [-0.4, -0.2) is 11.6 Å². The van der Waals surface area contributed by atoms with Crippen LogP contribution in [0.3, 0.4) is 0 Å². The van der Waals surface area contributed by atoms with Gasteiger partial charge in [0.15, 0.2) is 17.0 Å². The van der Waals surface area contributed by atoms with Crippen LogP contribution in [0, 0.1) is 0 Å². The Bertz CT molecular complexity index is 780. The summed E-state index contributed by atoms with van der Waals surface area (Å²) in [4.78, 5) is 35.5. The fourth-order valence-corrected chi connectivity index (χ4v) is 2.03. The van der Waals surface area contributed by atoms with Crippen molar-refractivity contribution in [1.29, 1.82) is 0 Å². The Morgan fingerprint density at radius 2 is 1.63 bits per heavy atom. The zero-order valence-corrected chi connectivity index (χ0v) is 9.75. The molecule has 1 heterocycles. The van der Waals surface area contributed by atoms with Crippen molar-refractivity contribution in [3.05, 3.63) is 75.8 Å². The van der Waals surface area contributed by atoms with E-state index in [4.69, 9.17) is 4.42 Å². The molecule has 0 saturated carbocycles. The maximum atomic E-state index is 12.3. The number of hydrogen-bond acceptors (Lipinski definition) is 4. The van der Waals surface area contributed by atoms with Gasteiger partial charge in [-0.1, -0.05) is 24.3 Å². The molecule has 1 aromatic heterocycles. The first kappa shape index (κ1) is 11.3. The fraction of sp³-hybridized carbons (Fsp3) is 0. The number of Topliss-reactive ketones (excluding diaryl/α,β-unsaturated/α-hetero) is 1. The summed E-state index contributed by atoms with van der Waals surface area (Å²) in [7, 11) is 0. The van der Waals surface area contributed by atoms with Crippen molar-refractivity contribution in [1.82, 2.24) is 0 Å². The van der Waals surface area contributed by atoms with Crippen LogP contribution in [0.15, 0.2) is 57.9 Å². The van der Waals surface area contributed by atoms with Crippen LogP contribution in [-0.2, 0) is 0 Å². The van der Waals surface area contributed by atoms with Crippen molar-refractivity contribution < 1.29 is 14.0 Å². The largest absolute Gasteiger partial charge is 0.464 e. The first-order valence-electron chi connectivity index (χ1n) is 5.66. The lowest BCUT2D eigenvalue weighted by atomic mass is 9.88. The van der Waals surface area contributed by atoms with Crippen LogP contribution < -0.4 is 5.43 Å². The molecule has 0 radical (unpaired) electrons. The van der Waals surface area contributed by atoms with Crippen LogP contribution >= 0.6 is 0 Å². The van der Waals surface area contributed by atoms with Gasteiger partial charge in [0.1, 0.15) is 5.76 Å². The number of rotatable bonds is 1. The van der Waals surface area contributed by atoms with E-state index in [0.29, 0.717) is 11.1 Å². The molecule has 92 valence electrons. The van der Waals surface area contributed by atoms with Crippen molar-refractivity contribution in [2.75, 3.05) is 0 Å². The van der Waals surface area contributed by atoms with E-state index in [1.54, 1.807) is 24.3 Å². The zero-order valence-electron chi connectivity index (χ0n) is 9.75. The predicted molar refractivity (Wildman–Crippen MR) is 68.1 cm³/mol. The minimum atomic E-state index is -0.315. The minimum Gasteiger partial charge on any atom is -0.464 e. The van der Waals surface area contributed by atoms with Gasteiger partial charge in [0.25, 0.3) is 0 Å².